The predicted molar refractivity (Wildman–Crippen MR) is 72.1 cm³/mol. The van der Waals surface area contributed by atoms with Gasteiger partial charge < -0.3 is 10.2 Å². The first-order chi connectivity index (χ1) is 8.42. The average Bonchev–Trinajstić information content (AvgIpc) is 2.34. The molecule has 2 nitrogen and oxygen atoms in total. The van der Waals surface area contributed by atoms with Gasteiger partial charge in [-0.05, 0) is 51.1 Å². The smallest absolute Gasteiger partial charge is 0.0253 e. The summed E-state index contributed by atoms with van der Waals surface area (Å²) in [5.74, 6) is 0.957. The van der Waals surface area contributed by atoms with Gasteiger partial charge in [-0.1, -0.05) is 25.0 Å². The Labute approximate surface area is 105 Å². The summed E-state index contributed by atoms with van der Waals surface area (Å²) in [6.45, 7) is 4.00. The van der Waals surface area contributed by atoms with E-state index in [0.29, 0.717) is 6.04 Å². The highest BCUT2D eigenvalue weighted by Gasteiger charge is 2.34. The molecule has 2 heteroatoms. The van der Waals surface area contributed by atoms with Gasteiger partial charge in [0.05, 0.1) is 0 Å². The molecule has 3 fully saturated rings. The van der Waals surface area contributed by atoms with E-state index in [1.807, 2.05) is 0 Å². The van der Waals surface area contributed by atoms with Gasteiger partial charge in [0.15, 0.2) is 0 Å². The van der Waals surface area contributed by atoms with Crippen molar-refractivity contribution in [3.63, 3.8) is 0 Å². The van der Waals surface area contributed by atoms with Crippen molar-refractivity contribution in [2.45, 2.75) is 57.0 Å². The van der Waals surface area contributed by atoms with Crippen LogP contribution in [0.25, 0.3) is 0 Å². The molecule has 4 rings (SSSR count). The minimum Gasteiger partial charge on any atom is -0.306 e. The Balaban J connectivity index is 1.56. The van der Waals surface area contributed by atoms with Gasteiger partial charge in [0, 0.05) is 18.6 Å². The second-order valence-corrected chi connectivity index (χ2v) is 6.08. The number of fused-ring (bicyclic) bond motifs is 3. The molecule has 4 aliphatic rings. The van der Waals surface area contributed by atoms with E-state index in [4.69, 9.17) is 0 Å². The van der Waals surface area contributed by atoms with E-state index in [0.717, 1.165) is 12.0 Å². The summed E-state index contributed by atoms with van der Waals surface area (Å²) in [6, 6.07) is 1.42. The van der Waals surface area contributed by atoms with Crippen LogP contribution in [-0.2, 0) is 0 Å². The number of piperidine rings is 3. The van der Waals surface area contributed by atoms with E-state index in [9.17, 15) is 0 Å². The van der Waals surface area contributed by atoms with Crippen molar-refractivity contribution >= 4 is 0 Å². The molecule has 3 heterocycles. The normalized spacial score (nSPS) is 44.0. The lowest BCUT2D eigenvalue weighted by Gasteiger charge is -2.46. The minimum atomic E-state index is 0.654. The van der Waals surface area contributed by atoms with Crippen LogP contribution < -0.4 is 5.32 Å². The Morgan fingerprint density at radius 3 is 2.65 bits per heavy atom. The van der Waals surface area contributed by atoms with Crippen molar-refractivity contribution in [3.8, 4) is 0 Å². The van der Waals surface area contributed by atoms with E-state index in [1.54, 1.807) is 0 Å². The Morgan fingerprint density at radius 1 is 1.00 bits per heavy atom. The van der Waals surface area contributed by atoms with E-state index < -0.39 is 0 Å². The maximum absolute atomic E-state index is 3.93. The zero-order valence-electron chi connectivity index (χ0n) is 10.9. The summed E-state index contributed by atoms with van der Waals surface area (Å²) in [6.07, 6.45) is 14.5. The molecule has 0 amide bonds. The highest BCUT2D eigenvalue weighted by molar-refractivity contribution is 4.99. The largest absolute Gasteiger partial charge is 0.306 e. The van der Waals surface area contributed by atoms with E-state index in [-0.39, 0.29) is 0 Å². The third-order valence-corrected chi connectivity index (χ3v) is 4.84. The Morgan fingerprint density at radius 2 is 1.88 bits per heavy atom. The molecule has 1 N–H and O–H groups in total. The van der Waals surface area contributed by atoms with Crippen molar-refractivity contribution in [2.75, 3.05) is 19.6 Å². The van der Waals surface area contributed by atoms with Gasteiger partial charge in [-0.2, -0.15) is 0 Å². The summed E-state index contributed by atoms with van der Waals surface area (Å²) in [5.41, 5.74) is 0. The molecule has 2 unspecified atom stereocenters. The summed E-state index contributed by atoms with van der Waals surface area (Å²) in [5, 5.41) is 3.93. The van der Waals surface area contributed by atoms with Crippen LogP contribution in [0.5, 0.6) is 0 Å². The number of hydrogen-bond donors (Lipinski definition) is 1. The lowest BCUT2D eigenvalue weighted by molar-refractivity contribution is 0.0689. The fraction of sp³-hybridized carbons (Fsp3) is 0.867. The molecule has 0 aromatic heterocycles. The van der Waals surface area contributed by atoms with Crippen molar-refractivity contribution in [2.24, 2.45) is 5.92 Å². The van der Waals surface area contributed by atoms with Crippen LogP contribution in [0.4, 0.5) is 0 Å². The van der Waals surface area contributed by atoms with Gasteiger partial charge in [0.25, 0.3) is 0 Å². The molecular formula is C15H26N2. The van der Waals surface area contributed by atoms with Crippen molar-refractivity contribution in [1.29, 1.82) is 0 Å². The Kier molecular flexibility index (Phi) is 3.82. The van der Waals surface area contributed by atoms with Crippen LogP contribution >= 0.6 is 0 Å². The number of rotatable bonds is 2. The Bertz CT molecular complexity index is 266. The van der Waals surface area contributed by atoms with Crippen LogP contribution in [0.3, 0.4) is 0 Å². The highest BCUT2D eigenvalue weighted by Crippen LogP contribution is 2.28. The first-order valence-electron chi connectivity index (χ1n) is 7.57. The van der Waals surface area contributed by atoms with Gasteiger partial charge in [-0.25, -0.2) is 0 Å². The molecule has 17 heavy (non-hydrogen) atoms. The third-order valence-electron chi connectivity index (χ3n) is 4.84. The number of nitrogens with one attached hydrogen (secondary N) is 1. The summed E-state index contributed by atoms with van der Waals surface area (Å²) < 4.78 is 0. The van der Waals surface area contributed by atoms with Crippen molar-refractivity contribution in [3.05, 3.63) is 12.2 Å². The quantitative estimate of drug-likeness (QED) is 0.739. The molecule has 1 aliphatic carbocycles. The van der Waals surface area contributed by atoms with Gasteiger partial charge in [-0.15, -0.1) is 0 Å². The molecule has 0 aromatic carbocycles. The molecule has 0 radical (unpaired) electrons. The summed E-state index contributed by atoms with van der Waals surface area (Å²) >= 11 is 0. The van der Waals surface area contributed by atoms with Gasteiger partial charge in [0.1, 0.15) is 0 Å². The van der Waals surface area contributed by atoms with Crippen LogP contribution in [0.1, 0.15) is 44.9 Å². The number of nitrogens with zero attached hydrogens (tertiary/aromatic N) is 1. The predicted octanol–water partition coefficient (Wildman–Crippen LogP) is 2.56. The summed E-state index contributed by atoms with van der Waals surface area (Å²) in [7, 11) is 0. The van der Waals surface area contributed by atoms with Crippen molar-refractivity contribution < 1.29 is 0 Å². The average molecular weight is 234 g/mol. The fourth-order valence-corrected chi connectivity index (χ4v) is 3.73. The second-order valence-electron chi connectivity index (χ2n) is 6.08. The van der Waals surface area contributed by atoms with Gasteiger partial charge in [-0.3, -0.25) is 0 Å². The second kappa shape index (κ2) is 5.53. The molecule has 0 aromatic rings. The first kappa shape index (κ1) is 11.7. The maximum atomic E-state index is 3.93. The minimum absolute atomic E-state index is 0.654. The third kappa shape index (κ3) is 2.92. The van der Waals surface area contributed by atoms with Crippen LogP contribution in [0, 0.1) is 5.92 Å². The zero-order valence-corrected chi connectivity index (χ0v) is 10.9. The lowest BCUT2D eigenvalue weighted by Crippen LogP contribution is -2.57. The van der Waals surface area contributed by atoms with E-state index in [1.165, 1.54) is 64.6 Å². The lowest BCUT2D eigenvalue weighted by atomic mass is 9.83. The molecule has 3 aliphatic heterocycles. The van der Waals surface area contributed by atoms with Crippen LogP contribution in [-0.4, -0.2) is 36.6 Å². The fourth-order valence-electron chi connectivity index (χ4n) is 3.73. The number of hydrogen-bond acceptors (Lipinski definition) is 2. The molecule has 0 saturated carbocycles. The van der Waals surface area contributed by atoms with E-state index >= 15 is 0 Å². The van der Waals surface area contributed by atoms with Gasteiger partial charge in [0.2, 0.25) is 0 Å². The molecule has 2 atom stereocenters. The first-order valence-corrected chi connectivity index (χ1v) is 7.57. The maximum Gasteiger partial charge on any atom is 0.0253 e. The molecular weight excluding hydrogens is 208 g/mol. The Hall–Kier alpha value is -0.340. The van der Waals surface area contributed by atoms with E-state index in [2.05, 4.69) is 22.4 Å². The molecule has 96 valence electrons. The summed E-state index contributed by atoms with van der Waals surface area (Å²) in [4.78, 5) is 2.64. The molecule has 0 spiro atoms. The number of allylic oxidation sites excluding steroid dienone is 1. The standard InChI is InChI=1S/C15H26N2/c1-2-4-6-14(7-5-3-1)16-15-12-17-10-8-13(15)9-11-17/h4,6,13-16H,1-3,5,7-12H2/b6-4+. The molecule has 2 bridgehead atoms. The van der Waals surface area contributed by atoms with Crippen LogP contribution in [0.2, 0.25) is 0 Å². The van der Waals surface area contributed by atoms with Crippen LogP contribution in [0.15, 0.2) is 12.2 Å². The van der Waals surface area contributed by atoms with Gasteiger partial charge >= 0.3 is 0 Å². The zero-order chi connectivity index (χ0) is 11.5. The SMILES string of the molecule is C1=C/C(NC2CN3CCC2CC3)CCCCC/1. The topological polar surface area (TPSA) is 15.3 Å². The monoisotopic (exact) mass is 234 g/mol. The van der Waals surface area contributed by atoms with Crippen molar-refractivity contribution in [1.82, 2.24) is 10.2 Å². The highest BCUT2D eigenvalue weighted by atomic mass is 15.2. The molecule has 3 saturated heterocycles.